The fourth-order valence-corrected chi connectivity index (χ4v) is 2.99. The highest BCUT2D eigenvalue weighted by atomic mass is 35.5. The summed E-state index contributed by atoms with van der Waals surface area (Å²) >= 11 is 7.49. The standard InChI is InChI=1S/C15H11ClN2O2S/c16-11-3-1-2-4-12(11)17-14(19)9-18-7-5-13-10(15(18)20)6-8-21-13/h1-8H,9H2,(H,17,19). The van der Waals surface area contributed by atoms with Crippen LogP contribution in [0, 0.1) is 0 Å². The fraction of sp³-hybridized carbons (Fsp3) is 0.0667. The molecular weight excluding hydrogens is 308 g/mol. The third kappa shape index (κ3) is 2.84. The van der Waals surface area contributed by atoms with E-state index in [-0.39, 0.29) is 18.0 Å². The lowest BCUT2D eigenvalue weighted by Gasteiger charge is -2.08. The minimum Gasteiger partial charge on any atom is -0.323 e. The fourth-order valence-electron chi connectivity index (χ4n) is 2.04. The lowest BCUT2D eigenvalue weighted by Crippen LogP contribution is -2.27. The van der Waals surface area contributed by atoms with Gasteiger partial charge in [-0.05, 0) is 29.6 Å². The Morgan fingerprint density at radius 1 is 1.24 bits per heavy atom. The van der Waals surface area contributed by atoms with Crippen molar-refractivity contribution in [3.63, 3.8) is 0 Å². The van der Waals surface area contributed by atoms with Gasteiger partial charge in [0.25, 0.3) is 5.56 Å². The van der Waals surface area contributed by atoms with Gasteiger partial charge in [-0.2, -0.15) is 0 Å². The first-order valence-electron chi connectivity index (χ1n) is 6.26. The van der Waals surface area contributed by atoms with Gasteiger partial charge in [0, 0.05) is 10.9 Å². The van der Waals surface area contributed by atoms with Gasteiger partial charge in [0.05, 0.1) is 16.1 Å². The second kappa shape index (κ2) is 5.71. The van der Waals surface area contributed by atoms with Crippen molar-refractivity contribution in [1.29, 1.82) is 0 Å². The van der Waals surface area contributed by atoms with Crippen molar-refractivity contribution in [3.8, 4) is 0 Å². The van der Waals surface area contributed by atoms with Crippen molar-refractivity contribution < 1.29 is 4.79 Å². The van der Waals surface area contributed by atoms with Gasteiger partial charge in [-0.15, -0.1) is 11.3 Å². The molecule has 0 spiro atoms. The Morgan fingerprint density at radius 2 is 2.05 bits per heavy atom. The summed E-state index contributed by atoms with van der Waals surface area (Å²) in [7, 11) is 0. The Kier molecular flexibility index (Phi) is 3.77. The number of amides is 1. The van der Waals surface area contributed by atoms with Crippen molar-refractivity contribution in [3.05, 3.63) is 63.4 Å². The van der Waals surface area contributed by atoms with E-state index in [9.17, 15) is 9.59 Å². The Balaban J connectivity index is 1.82. The summed E-state index contributed by atoms with van der Waals surface area (Å²) in [4.78, 5) is 24.2. The van der Waals surface area contributed by atoms with E-state index in [1.165, 1.54) is 15.9 Å². The third-order valence-electron chi connectivity index (χ3n) is 3.05. The maximum absolute atomic E-state index is 12.2. The summed E-state index contributed by atoms with van der Waals surface area (Å²) in [5, 5.41) is 5.66. The van der Waals surface area contributed by atoms with Crippen LogP contribution in [0.4, 0.5) is 5.69 Å². The van der Waals surface area contributed by atoms with Gasteiger partial charge in [0.2, 0.25) is 5.91 Å². The van der Waals surface area contributed by atoms with E-state index < -0.39 is 0 Å². The average molecular weight is 319 g/mol. The molecule has 21 heavy (non-hydrogen) atoms. The quantitative estimate of drug-likeness (QED) is 0.805. The largest absolute Gasteiger partial charge is 0.323 e. The van der Waals surface area contributed by atoms with Gasteiger partial charge in [-0.1, -0.05) is 23.7 Å². The zero-order valence-corrected chi connectivity index (χ0v) is 12.4. The highest BCUT2D eigenvalue weighted by Crippen LogP contribution is 2.20. The van der Waals surface area contributed by atoms with Crippen LogP contribution in [0.1, 0.15) is 0 Å². The predicted octanol–water partition coefficient (Wildman–Crippen LogP) is 3.36. The Bertz CT molecular complexity index is 869. The topological polar surface area (TPSA) is 51.1 Å². The molecule has 0 radical (unpaired) electrons. The van der Waals surface area contributed by atoms with Crippen molar-refractivity contribution >= 4 is 44.6 Å². The number of aromatic nitrogens is 1. The van der Waals surface area contributed by atoms with Crippen LogP contribution in [0.3, 0.4) is 0 Å². The highest BCUT2D eigenvalue weighted by molar-refractivity contribution is 7.17. The molecule has 106 valence electrons. The zero-order valence-electron chi connectivity index (χ0n) is 10.9. The van der Waals surface area contributed by atoms with Crippen LogP contribution in [0.2, 0.25) is 5.02 Å². The monoisotopic (exact) mass is 318 g/mol. The van der Waals surface area contributed by atoms with E-state index in [1.807, 2.05) is 11.4 Å². The molecule has 1 aromatic carbocycles. The van der Waals surface area contributed by atoms with Crippen molar-refractivity contribution in [2.75, 3.05) is 5.32 Å². The first-order chi connectivity index (χ1) is 10.1. The van der Waals surface area contributed by atoms with E-state index in [4.69, 9.17) is 11.6 Å². The molecular formula is C15H11ClN2O2S. The number of carbonyl (C=O) groups excluding carboxylic acids is 1. The number of hydrogen-bond acceptors (Lipinski definition) is 3. The Morgan fingerprint density at radius 3 is 2.86 bits per heavy atom. The van der Waals surface area contributed by atoms with Gasteiger partial charge in [0.15, 0.2) is 0 Å². The molecule has 4 nitrogen and oxygen atoms in total. The molecule has 2 aromatic heterocycles. The zero-order chi connectivity index (χ0) is 14.8. The second-order valence-electron chi connectivity index (χ2n) is 4.48. The first kappa shape index (κ1) is 13.9. The van der Waals surface area contributed by atoms with Gasteiger partial charge in [0.1, 0.15) is 6.54 Å². The molecule has 3 rings (SSSR count). The van der Waals surface area contributed by atoms with Crippen LogP contribution < -0.4 is 10.9 Å². The molecule has 1 N–H and O–H groups in total. The van der Waals surface area contributed by atoms with E-state index in [2.05, 4.69) is 5.32 Å². The van der Waals surface area contributed by atoms with Crippen molar-refractivity contribution in [1.82, 2.24) is 4.57 Å². The number of nitrogens with zero attached hydrogens (tertiary/aromatic N) is 1. The molecule has 0 fully saturated rings. The van der Waals surface area contributed by atoms with Gasteiger partial charge in [-0.3, -0.25) is 9.59 Å². The second-order valence-corrected chi connectivity index (χ2v) is 5.83. The number of nitrogens with one attached hydrogen (secondary N) is 1. The molecule has 0 bridgehead atoms. The molecule has 0 aliphatic rings. The predicted molar refractivity (Wildman–Crippen MR) is 86.2 cm³/mol. The highest BCUT2D eigenvalue weighted by Gasteiger charge is 2.09. The minimum absolute atomic E-state index is 0.0458. The Labute approximate surface area is 129 Å². The van der Waals surface area contributed by atoms with Gasteiger partial charge < -0.3 is 9.88 Å². The van der Waals surface area contributed by atoms with Crippen LogP contribution >= 0.6 is 22.9 Å². The smallest absolute Gasteiger partial charge is 0.259 e. The molecule has 0 aliphatic carbocycles. The number of halogens is 1. The number of hydrogen-bond donors (Lipinski definition) is 1. The summed E-state index contributed by atoms with van der Waals surface area (Å²) in [6.45, 7) is -0.0458. The number of thiophene rings is 1. The van der Waals surface area contributed by atoms with Crippen molar-refractivity contribution in [2.45, 2.75) is 6.54 Å². The molecule has 3 aromatic rings. The maximum atomic E-state index is 12.2. The molecule has 0 atom stereocenters. The van der Waals surface area contributed by atoms with Crippen LogP contribution in [0.5, 0.6) is 0 Å². The minimum atomic E-state index is -0.292. The normalized spacial score (nSPS) is 10.7. The number of fused-ring (bicyclic) bond motifs is 1. The van der Waals surface area contributed by atoms with Crippen LogP contribution in [0.25, 0.3) is 10.1 Å². The maximum Gasteiger partial charge on any atom is 0.259 e. The SMILES string of the molecule is O=C(Cn1ccc2sccc2c1=O)Nc1ccccc1Cl. The molecule has 1 amide bonds. The molecule has 0 unspecified atom stereocenters. The summed E-state index contributed by atoms with van der Waals surface area (Å²) in [6, 6.07) is 10.6. The summed E-state index contributed by atoms with van der Waals surface area (Å²) in [5.41, 5.74) is 0.372. The lowest BCUT2D eigenvalue weighted by molar-refractivity contribution is -0.116. The third-order valence-corrected chi connectivity index (χ3v) is 4.27. The van der Waals surface area contributed by atoms with E-state index in [0.29, 0.717) is 16.1 Å². The molecule has 0 saturated heterocycles. The number of carbonyl (C=O) groups is 1. The van der Waals surface area contributed by atoms with E-state index in [1.54, 1.807) is 36.5 Å². The Hall–Kier alpha value is -2.11. The molecule has 0 saturated carbocycles. The molecule has 2 heterocycles. The molecule has 0 aliphatic heterocycles. The van der Waals surface area contributed by atoms with Gasteiger partial charge in [-0.25, -0.2) is 0 Å². The number of rotatable bonds is 3. The summed E-state index contributed by atoms with van der Waals surface area (Å²) in [6.07, 6.45) is 1.63. The van der Waals surface area contributed by atoms with Crippen LogP contribution in [-0.4, -0.2) is 10.5 Å². The summed E-state index contributed by atoms with van der Waals surface area (Å²) in [5.74, 6) is -0.292. The number of para-hydroxylation sites is 1. The number of anilines is 1. The van der Waals surface area contributed by atoms with Crippen LogP contribution in [-0.2, 0) is 11.3 Å². The lowest BCUT2D eigenvalue weighted by atomic mass is 10.3. The van der Waals surface area contributed by atoms with Gasteiger partial charge >= 0.3 is 0 Å². The molecule has 6 heteroatoms. The van der Waals surface area contributed by atoms with E-state index in [0.717, 1.165) is 4.70 Å². The number of pyridine rings is 1. The van der Waals surface area contributed by atoms with Crippen LogP contribution in [0.15, 0.2) is 52.8 Å². The van der Waals surface area contributed by atoms with Crippen molar-refractivity contribution in [2.24, 2.45) is 0 Å². The van der Waals surface area contributed by atoms with E-state index >= 15 is 0 Å². The summed E-state index contributed by atoms with van der Waals surface area (Å²) < 4.78 is 2.31. The first-order valence-corrected chi connectivity index (χ1v) is 7.52. The number of benzene rings is 1. The average Bonchev–Trinajstić information content (AvgIpc) is 2.94.